The smallest absolute Gasteiger partial charge is 0.748 e. The topological polar surface area (TPSA) is 57.2 Å². The zero-order chi connectivity index (χ0) is 12.7. The van der Waals surface area contributed by atoms with Crippen LogP contribution in [0.2, 0.25) is 0 Å². The second-order valence-electron chi connectivity index (χ2n) is 3.75. The van der Waals surface area contributed by atoms with Crippen LogP contribution in [0.4, 0.5) is 13.2 Å². The molecule has 0 aliphatic rings. The van der Waals surface area contributed by atoms with Crippen LogP contribution in [0.25, 0.3) is 0 Å². The Balaban J connectivity index is 0. The average molecular weight is 268 g/mol. The summed E-state index contributed by atoms with van der Waals surface area (Å²) < 4.78 is 65.7. The summed E-state index contributed by atoms with van der Waals surface area (Å²) in [6.07, 6.45) is -2.05. The van der Waals surface area contributed by atoms with Crippen LogP contribution in [0.3, 0.4) is 0 Å². The zero-order valence-electron chi connectivity index (χ0n) is 9.92. The van der Waals surface area contributed by atoms with Crippen LogP contribution in [-0.4, -0.2) is 24.9 Å². The molecule has 0 saturated heterocycles. The Labute approximate surface area is 112 Å². The maximum Gasteiger partial charge on any atom is 1.00 e. The Morgan fingerprint density at radius 1 is 0.882 bits per heavy atom. The Morgan fingerprint density at radius 2 is 1.29 bits per heavy atom. The van der Waals surface area contributed by atoms with Gasteiger partial charge in [0.1, 0.15) is 0 Å². The minimum Gasteiger partial charge on any atom is -0.748 e. The van der Waals surface area contributed by atoms with Gasteiger partial charge in [-0.25, -0.2) is 8.42 Å². The minimum absolute atomic E-state index is 0. The summed E-state index contributed by atoms with van der Waals surface area (Å²) in [5, 5.41) is 0. The van der Waals surface area contributed by atoms with E-state index in [1.165, 1.54) is 0 Å². The third-order valence-corrected chi connectivity index (χ3v) is 2.89. The SMILES string of the molecule is O=S(=O)([O-])CCCCCCCCC(F)(F)F.[Li+]. The number of alkyl halides is 3. The molecule has 0 aromatic rings. The van der Waals surface area contributed by atoms with E-state index in [0.29, 0.717) is 32.1 Å². The molecule has 0 aromatic carbocycles. The molecule has 0 saturated carbocycles. The van der Waals surface area contributed by atoms with E-state index in [1.807, 2.05) is 0 Å². The van der Waals surface area contributed by atoms with Gasteiger partial charge in [0, 0.05) is 12.2 Å². The third-order valence-electron chi connectivity index (χ3n) is 2.10. The van der Waals surface area contributed by atoms with Gasteiger partial charge in [0.25, 0.3) is 0 Å². The molecular weight excluding hydrogens is 252 g/mol. The van der Waals surface area contributed by atoms with Crippen molar-refractivity contribution in [2.75, 3.05) is 5.75 Å². The monoisotopic (exact) mass is 268 g/mol. The Hall–Kier alpha value is 0.297. The summed E-state index contributed by atoms with van der Waals surface area (Å²) in [5.41, 5.74) is 0. The molecule has 3 nitrogen and oxygen atoms in total. The predicted molar refractivity (Wildman–Crippen MR) is 52.9 cm³/mol. The van der Waals surface area contributed by atoms with Crippen molar-refractivity contribution in [1.29, 1.82) is 0 Å². The molecule has 0 rings (SSSR count). The summed E-state index contributed by atoms with van der Waals surface area (Å²) in [7, 11) is -4.14. The second kappa shape index (κ2) is 9.26. The summed E-state index contributed by atoms with van der Waals surface area (Å²) in [6, 6.07) is 0. The van der Waals surface area contributed by atoms with Crippen LogP contribution in [0.5, 0.6) is 0 Å². The predicted octanol–water partition coefficient (Wildman–Crippen LogP) is -0.171. The standard InChI is InChI=1S/C9H17F3O3S.Li/c10-9(11,12)7-5-3-1-2-4-6-8-16(13,14)15;/h1-8H2,(H,13,14,15);/q;+1/p-1. The fourth-order valence-corrected chi connectivity index (χ4v) is 1.87. The van der Waals surface area contributed by atoms with Crippen molar-refractivity contribution in [2.45, 2.75) is 51.1 Å². The van der Waals surface area contributed by atoms with Gasteiger partial charge in [-0.15, -0.1) is 0 Å². The van der Waals surface area contributed by atoms with Gasteiger partial charge in [0.15, 0.2) is 0 Å². The molecule has 0 heterocycles. The molecule has 0 bridgehead atoms. The number of unbranched alkanes of at least 4 members (excludes halogenated alkanes) is 5. The summed E-state index contributed by atoms with van der Waals surface area (Å²) >= 11 is 0. The van der Waals surface area contributed by atoms with Crippen LogP contribution < -0.4 is 18.9 Å². The number of hydrogen-bond donors (Lipinski definition) is 0. The Bertz CT molecular complexity index is 278. The Kier molecular flexibility index (Phi) is 10.7. The van der Waals surface area contributed by atoms with Crippen molar-refractivity contribution in [2.24, 2.45) is 0 Å². The van der Waals surface area contributed by atoms with Crippen molar-refractivity contribution in [3.8, 4) is 0 Å². The summed E-state index contributed by atoms with van der Waals surface area (Å²) in [4.78, 5) is 0. The van der Waals surface area contributed by atoms with Gasteiger partial charge in [0.05, 0.1) is 10.1 Å². The second-order valence-corrected chi connectivity index (χ2v) is 5.27. The van der Waals surface area contributed by atoms with E-state index in [1.54, 1.807) is 0 Å². The fourth-order valence-electron chi connectivity index (χ4n) is 1.31. The molecular formula is C9H16F3LiO3S. The molecule has 0 spiro atoms. The first kappa shape index (κ1) is 19.6. The molecule has 0 fully saturated rings. The van der Waals surface area contributed by atoms with Crippen molar-refractivity contribution >= 4 is 10.1 Å². The fraction of sp³-hybridized carbons (Fsp3) is 1.00. The average Bonchev–Trinajstić information content (AvgIpc) is 2.06. The molecule has 0 aliphatic carbocycles. The van der Waals surface area contributed by atoms with Gasteiger partial charge in [-0.2, -0.15) is 13.2 Å². The first-order valence-corrected chi connectivity index (χ1v) is 6.79. The molecule has 8 heteroatoms. The van der Waals surface area contributed by atoms with Gasteiger partial charge >= 0.3 is 25.0 Å². The van der Waals surface area contributed by atoms with Gasteiger partial charge in [-0.1, -0.05) is 25.7 Å². The van der Waals surface area contributed by atoms with Gasteiger partial charge in [-0.05, 0) is 12.8 Å². The number of rotatable bonds is 8. The molecule has 17 heavy (non-hydrogen) atoms. The third kappa shape index (κ3) is 18.8. The largest absolute Gasteiger partial charge is 1.00 e. The summed E-state index contributed by atoms with van der Waals surface area (Å²) in [6.45, 7) is 0. The number of halogens is 3. The van der Waals surface area contributed by atoms with E-state index in [2.05, 4.69) is 0 Å². The molecule has 0 amide bonds. The van der Waals surface area contributed by atoms with E-state index in [9.17, 15) is 26.1 Å². The van der Waals surface area contributed by atoms with Gasteiger partial charge in [-0.3, -0.25) is 0 Å². The van der Waals surface area contributed by atoms with Crippen LogP contribution in [-0.2, 0) is 10.1 Å². The molecule has 0 N–H and O–H groups in total. The van der Waals surface area contributed by atoms with Crippen LogP contribution >= 0.6 is 0 Å². The quantitative estimate of drug-likeness (QED) is 0.349. The Morgan fingerprint density at radius 3 is 1.71 bits per heavy atom. The molecule has 0 unspecified atom stereocenters. The summed E-state index contributed by atoms with van der Waals surface area (Å²) in [5.74, 6) is -0.379. The molecule has 0 aromatic heterocycles. The normalized spacial score (nSPS) is 12.2. The molecule has 0 aliphatic heterocycles. The van der Waals surface area contributed by atoms with E-state index in [4.69, 9.17) is 0 Å². The van der Waals surface area contributed by atoms with E-state index in [0.717, 1.165) is 0 Å². The van der Waals surface area contributed by atoms with Gasteiger partial charge in [0.2, 0.25) is 0 Å². The molecule has 0 atom stereocenters. The maximum atomic E-state index is 11.7. The van der Waals surface area contributed by atoms with Crippen LogP contribution in [0.15, 0.2) is 0 Å². The van der Waals surface area contributed by atoms with E-state index < -0.39 is 22.7 Å². The van der Waals surface area contributed by atoms with E-state index >= 15 is 0 Å². The molecule has 98 valence electrons. The zero-order valence-corrected chi connectivity index (χ0v) is 10.7. The van der Waals surface area contributed by atoms with Crippen molar-refractivity contribution in [3.63, 3.8) is 0 Å². The number of hydrogen-bond acceptors (Lipinski definition) is 3. The van der Waals surface area contributed by atoms with Gasteiger partial charge < -0.3 is 4.55 Å². The minimum atomic E-state index is -4.14. The first-order chi connectivity index (χ1) is 7.21. The van der Waals surface area contributed by atoms with Crippen molar-refractivity contribution < 1.29 is 45.0 Å². The van der Waals surface area contributed by atoms with E-state index in [-0.39, 0.29) is 31.0 Å². The first-order valence-electron chi connectivity index (χ1n) is 5.21. The van der Waals surface area contributed by atoms with Crippen LogP contribution in [0, 0.1) is 0 Å². The van der Waals surface area contributed by atoms with Crippen molar-refractivity contribution in [3.05, 3.63) is 0 Å². The maximum absolute atomic E-state index is 11.7. The van der Waals surface area contributed by atoms with Crippen molar-refractivity contribution in [1.82, 2.24) is 0 Å². The molecule has 0 radical (unpaired) electrons. The van der Waals surface area contributed by atoms with Crippen LogP contribution in [0.1, 0.15) is 44.9 Å².